The molecule has 0 aliphatic carbocycles. The average Bonchev–Trinajstić information content (AvgIpc) is 3.10. The highest BCUT2D eigenvalue weighted by atomic mass is 127. The molecule has 1 aliphatic rings. The summed E-state index contributed by atoms with van der Waals surface area (Å²) in [5, 5.41) is 21.3. The number of guanidine groups is 1. The SMILES string of the molecule is CN=C(NCc1cc(OC)ccc1O)NC1CCc2nc(C(C)C)nn2C1.I. The highest BCUT2D eigenvalue weighted by Gasteiger charge is 2.23. The van der Waals surface area contributed by atoms with Crippen LogP contribution in [0, 0.1) is 0 Å². The van der Waals surface area contributed by atoms with Gasteiger partial charge >= 0.3 is 0 Å². The fourth-order valence-electron chi connectivity index (χ4n) is 3.09. The maximum absolute atomic E-state index is 10.0. The number of nitrogens with one attached hydrogen (secondary N) is 2. The van der Waals surface area contributed by atoms with Gasteiger partial charge in [0.05, 0.1) is 13.7 Å². The Hall–Kier alpha value is -2.04. The van der Waals surface area contributed by atoms with Crippen molar-refractivity contribution in [2.45, 2.75) is 51.7 Å². The van der Waals surface area contributed by atoms with Crippen LogP contribution in [0.4, 0.5) is 0 Å². The van der Waals surface area contributed by atoms with Gasteiger partial charge in [0.2, 0.25) is 0 Å². The number of benzene rings is 1. The summed E-state index contributed by atoms with van der Waals surface area (Å²) in [6, 6.07) is 5.40. The molecular formula is C19H29IN6O2. The summed E-state index contributed by atoms with van der Waals surface area (Å²) in [6.45, 7) is 5.43. The number of nitrogens with zero attached hydrogens (tertiary/aromatic N) is 4. The summed E-state index contributed by atoms with van der Waals surface area (Å²) in [5.74, 6) is 3.92. The molecule has 1 atom stereocenters. The number of methoxy groups -OCH3 is 1. The number of phenolic OH excluding ortho intramolecular Hbond substituents is 1. The maximum Gasteiger partial charge on any atom is 0.191 e. The van der Waals surface area contributed by atoms with Crippen LogP contribution in [0.1, 0.15) is 43.4 Å². The molecule has 2 aromatic rings. The Morgan fingerprint density at radius 1 is 1.43 bits per heavy atom. The first kappa shape index (κ1) is 22.3. The summed E-state index contributed by atoms with van der Waals surface area (Å²) in [4.78, 5) is 8.92. The minimum Gasteiger partial charge on any atom is -0.508 e. The molecule has 8 nitrogen and oxygen atoms in total. The van der Waals surface area contributed by atoms with Crippen molar-refractivity contribution in [3.05, 3.63) is 35.4 Å². The number of fused-ring (bicyclic) bond motifs is 1. The Morgan fingerprint density at radius 3 is 2.89 bits per heavy atom. The zero-order chi connectivity index (χ0) is 19.4. The Bertz CT molecular complexity index is 821. The lowest BCUT2D eigenvalue weighted by Crippen LogP contribution is -2.46. The van der Waals surface area contributed by atoms with Crippen molar-refractivity contribution in [1.29, 1.82) is 0 Å². The number of ether oxygens (including phenoxy) is 1. The largest absolute Gasteiger partial charge is 0.508 e. The molecule has 0 saturated heterocycles. The molecule has 1 unspecified atom stereocenters. The molecule has 1 aromatic heterocycles. The van der Waals surface area contributed by atoms with E-state index >= 15 is 0 Å². The summed E-state index contributed by atoms with van der Waals surface area (Å²) in [7, 11) is 3.34. The molecule has 154 valence electrons. The number of aliphatic imine (C=N–C) groups is 1. The highest BCUT2D eigenvalue weighted by Crippen LogP contribution is 2.22. The first-order valence-electron chi connectivity index (χ1n) is 9.26. The third-order valence-electron chi connectivity index (χ3n) is 4.69. The standard InChI is InChI=1S/C19H28N6O2.HI/c1-12(2)18-23-17-8-5-14(11-25(17)24-18)22-19(20-3)21-10-13-9-15(27-4)6-7-16(13)26;/h6-7,9,12,14,26H,5,8,10-11H2,1-4H3,(H2,20,21,22);1H. The Labute approximate surface area is 182 Å². The number of hydrogen-bond acceptors (Lipinski definition) is 5. The molecule has 1 aliphatic heterocycles. The number of aromatic nitrogens is 3. The second-order valence-corrected chi connectivity index (χ2v) is 7.02. The van der Waals surface area contributed by atoms with Gasteiger partial charge in [-0.2, -0.15) is 5.10 Å². The normalized spacial score (nSPS) is 16.3. The Morgan fingerprint density at radius 2 is 2.21 bits per heavy atom. The molecule has 1 aromatic carbocycles. The highest BCUT2D eigenvalue weighted by molar-refractivity contribution is 14.0. The van der Waals surface area contributed by atoms with E-state index in [0.29, 0.717) is 24.2 Å². The van der Waals surface area contributed by atoms with Crippen LogP contribution < -0.4 is 15.4 Å². The van der Waals surface area contributed by atoms with Crippen LogP contribution in [-0.4, -0.2) is 46.0 Å². The van der Waals surface area contributed by atoms with E-state index in [1.165, 1.54) is 0 Å². The summed E-state index contributed by atoms with van der Waals surface area (Å²) >= 11 is 0. The van der Waals surface area contributed by atoms with Gasteiger partial charge in [0.15, 0.2) is 11.8 Å². The molecule has 0 amide bonds. The van der Waals surface area contributed by atoms with Crippen molar-refractivity contribution in [1.82, 2.24) is 25.4 Å². The molecule has 9 heteroatoms. The Balaban J connectivity index is 0.00000280. The minimum absolute atomic E-state index is 0. The second-order valence-electron chi connectivity index (χ2n) is 7.02. The molecule has 0 spiro atoms. The fourth-order valence-corrected chi connectivity index (χ4v) is 3.09. The summed E-state index contributed by atoms with van der Waals surface area (Å²) in [5.41, 5.74) is 0.751. The van der Waals surface area contributed by atoms with E-state index in [1.54, 1.807) is 26.3 Å². The van der Waals surface area contributed by atoms with E-state index in [1.807, 2.05) is 10.7 Å². The molecule has 0 radical (unpaired) electrons. The second kappa shape index (κ2) is 9.94. The third-order valence-corrected chi connectivity index (χ3v) is 4.69. The monoisotopic (exact) mass is 500 g/mol. The van der Waals surface area contributed by atoms with Gasteiger partial charge in [-0.3, -0.25) is 4.99 Å². The van der Waals surface area contributed by atoms with Gasteiger partial charge in [-0.1, -0.05) is 13.8 Å². The quantitative estimate of drug-likeness (QED) is 0.332. The fraction of sp³-hybridized carbons (Fsp3) is 0.526. The predicted octanol–water partition coefficient (Wildman–Crippen LogP) is 2.41. The van der Waals surface area contributed by atoms with Crippen molar-refractivity contribution in [2.75, 3.05) is 14.2 Å². The smallest absolute Gasteiger partial charge is 0.191 e. The minimum atomic E-state index is 0. The van der Waals surface area contributed by atoms with Gasteiger partial charge in [-0.25, -0.2) is 9.67 Å². The first-order valence-corrected chi connectivity index (χ1v) is 9.26. The van der Waals surface area contributed by atoms with Crippen LogP contribution in [-0.2, 0) is 19.5 Å². The zero-order valence-corrected chi connectivity index (χ0v) is 19.1. The zero-order valence-electron chi connectivity index (χ0n) is 16.8. The van der Waals surface area contributed by atoms with Gasteiger partial charge in [0, 0.05) is 37.5 Å². The van der Waals surface area contributed by atoms with Crippen molar-refractivity contribution < 1.29 is 9.84 Å². The predicted molar refractivity (Wildman–Crippen MR) is 120 cm³/mol. The van der Waals surface area contributed by atoms with E-state index in [4.69, 9.17) is 4.74 Å². The molecule has 0 saturated carbocycles. The number of halogens is 1. The van der Waals surface area contributed by atoms with Crippen LogP contribution >= 0.6 is 24.0 Å². The molecule has 28 heavy (non-hydrogen) atoms. The summed E-state index contributed by atoms with van der Waals surface area (Å²) < 4.78 is 7.21. The molecule has 0 fully saturated rings. The van der Waals surface area contributed by atoms with Gasteiger partial charge in [-0.05, 0) is 24.6 Å². The van der Waals surface area contributed by atoms with Crippen LogP contribution in [0.25, 0.3) is 0 Å². The van der Waals surface area contributed by atoms with Crippen LogP contribution in [0.15, 0.2) is 23.2 Å². The molecule has 2 heterocycles. The van der Waals surface area contributed by atoms with E-state index in [0.717, 1.165) is 36.6 Å². The molecular weight excluding hydrogens is 471 g/mol. The van der Waals surface area contributed by atoms with Crippen molar-refractivity contribution >= 4 is 29.9 Å². The maximum atomic E-state index is 10.0. The molecule has 3 rings (SSSR count). The van der Waals surface area contributed by atoms with Crippen LogP contribution in [0.5, 0.6) is 11.5 Å². The van der Waals surface area contributed by atoms with E-state index < -0.39 is 0 Å². The third kappa shape index (κ3) is 5.27. The van der Waals surface area contributed by atoms with E-state index in [9.17, 15) is 5.11 Å². The number of hydrogen-bond donors (Lipinski definition) is 3. The van der Waals surface area contributed by atoms with Gasteiger partial charge < -0.3 is 20.5 Å². The lowest BCUT2D eigenvalue weighted by Gasteiger charge is -2.25. The van der Waals surface area contributed by atoms with Crippen LogP contribution in [0.2, 0.25) is 0 Å². The number of phenols is 1. The molecule has 3 N–H and O–H groups in total. The summed E-state index contributed by atoms with van der Waals surface area (Å²) in [6.07, 6.45) is 1.87. The van der Waals surface area contributed by atoms with Crippen LogP contribution in [0.3, 0.4) is 0 Å². The Kier molecular flexibility index (Phi) is 7.90. The first-order chi connectivity index (χ1) is 13.0. The van der Waals surface area contributed by atoms with Crippen molar-refractivity contribution in [2.24, 2.45) is 4.99 Å². The van der Waals surface area contributed by atoms with Gasteiger partial charge in [-0.15, -0.1) is 24.0 Å². The van der Waals surface area contributed by atoms with Gasteiger partial charge in [0.1, 0.15) is 17.3 Å². The van der Waals surface area contributed by atoms with Gasteiger partial charge in [0.25, 0.3) is 0 Å². The van der Waals surface area contributed by atoms with Crippen molar-refractivity contribution in [3.63, 3.8) is 0 Å². The number of aromatic hydroxyl groups is 1. The number of rotatable bonds is 5. The topological polar surface area (TPSA) is 96.6 Å². The average molecular weight is 500 g/mol. The lowest BCUT2D eigenvalue weighted by molar-refractivity contribution is 0.391. The van der Waals surface area contributed by atoms with E-state index in [2.05, 4.69) is 39.6 Å². The van der Waals surface area contributed by atoms with E-state index in [-0.39, 0.29) is 35.8 Å². The molecule has 0 bridgehead atoms. The number of aryl methyl sites for hydroxylation is 1. The van der Waals surface area contributed by atoms with Crippen molar-refractivity contribution in [3.8, 4) is 11.5 Å². The lowest BCUT2D eigenvalue weighted by atomic mass is 10.1.